The van der Waals surface area contributed by atoms with Crippen LogP contribution < -0.4 is 15.4 Å². The minimum Gasteiger partial charge on any atom is -0.343 e. The van der Waals surface area contributed by atoms with Crippen molar-refractivity contribution in [2.24, 2.45) is 0 Å². The molecule has 11 heteroatoms. The summed E-state index contributed by atoms with van der Waals surface area (Å²) < 4.78 is 18.4. The molecule has 0 radical (unpaired) electrons. The highest BCUT2D eigenvalue weighted by Gasteiger charge is 2.36. The van der Waals surface area contributed by atoms with E-state index in [0.717, 1.165) is 26.7 Å². The van der Waals surface area contributed by atoms with Gasteiger partial charge in [-0.05, 0) is 44.2 Å². The average Bonchev–Trinajstić information content (AvgIpc) is 3.35. The van der Waals surface area contributed by atoms with Gasteiger partial charge in [0.15, 0.2) is 0 Å². The molecule has 1 saturated heterocycles. The first kappa shape index (κ1) is 28.3. The lowest BCUT2D eigenvalue weighted by Crippen LogP contribution is -2.54. The first-order valence-electron chi connectivity index (χ1n) is 12.6. The summed E-state index contributed by atoms with van der Waals surface area (Å²) in [6, 6.07) is 22.1. The van der Waals surface area contributed by atoms with Crippen molar-refractivity contribution in [3.05, 3.63) is 106 Å². The minimum absolute atomic E-state index is 0.0798. The fraction of sp³-hybridized carbons (Fsp3) is 0.207. The average molecular weight is 596 g/mol. The van der Waals surface area contributed by atoms with Crippen molar-refractivity contribution >= 4 is 52.6 Å². The van der Waals surface area contributed by atoms with Crippen molar-refractivity contribution in [2.75, 3.05) is 12.4 Å². The summed E-state index contributed by atoms with van der Waals surface area (Å²) in [7, 11) is 1.77. The molecule has 2 heterocycles. The van der Waals surface area contributed by atoms with Gasteiger partial charge in [-0.25, -0.2) is 18.4 Å². The van der Waals surface area contributed by atoms with Crippen LogP contribution >= 0.6 is 35.1 Å². The molecule has 206 valence electrons. The van der Waals surface area contributed by atoms with E-state index in [1.54, 1.807) is 22.7 Å². The highest BCUT2D eigenvalue weighted by atomic mass is 35.5. The Bertz CT molecular complexity index is 1510. The van der Waals surface area contributed by atoms with E-state index in [2.05, 4.69) is 15.4 Å². The zero-order valence-corrected chi connectivity index (χ0v) is 24.1. The molecule has 1 fully saturated rings. The van der Waals surface area contributed by atoms with Crippen molar-refractivity contribution in [2.45, 2.75) is 31.5 Å². The topological polar surface area (TPSA) is 86.4 Å². The number of aromatic nitrogens is 1. The molecule has 0 saturated carbocycles. The SMILES string of the molecule is Cc1nc(-c2ccccc2)sc1C(NC(=O)C1CC(C(=O)Nc2ccc(F)c(Cl)c2)N(C)SN1)c1ccccc1. The molecule has 0 aliphatic carbocycles. The molecule has 3 atom stereocenters. The lowest BCUT2D eigenvalue weighted by molar-refractivity contribution is -0.124. The lowest BCUT2D eigenvalue weighted by atomic mass is 10.0. The Labute approximate surface area is 245 Å². The molecule has 2 amide bonds. The molecule has 3 aromatic carbocycles. The molecule has 3 unspecified atom stereocenters. The number of likely N-dealkylation sites (N-methyl/N-ethyl adjacent to an activating group) is 1. The Hall–Kier alpha value is -3.28. The summed E-state index contributed by atoms with van der Waals surface area (Å²) in [5.41, 5.74) is 3.18. The summed E-state index contributed by atoms with van der Waals surface area (Å²) in [5.74, 6) is -1.11. The second kappa shape index (κ2) is 12.5. The Balaban J connectivity index is 1.35. The number of nitrogens with one attached hydrogen (secondary N) is 3. The van der Waals surface area contributed by atoms with Crippen LogP contribution in [0.5, 0.6) is 0 Å². The molecule has 40 heavy (non-hydrogen) atoms. The van der Waals surface area contributed by atoms with Crippen LogP contribution in [0, 0.1) is 12.7 Å². The molecule has 3 N–H and O–H groups in total. The molecule has 4 aromatic rings. The third-order valence-electron chi connectivity index (χ3n) is 6.58. The fourth-order valence-corrected chi connectivity index (χ4v) is 6.57. The maximum absolute atomic E-state index is 13.6. The predicted molar refractivity (Wildman–Crippen MR) is 159 cm³/mol. The number of anilines is 1. The fourth-order valence-electron chi connectivity index (χ4n) is 4.43. The van der Waals surface area contributed by atoms with E-state index in [9.17, 15) is 14.0 Å². The normalized spacial score (nSPS) is 18.2. The predicted octanol–water partition coefficient (Wildman–Crippen LogP) is 5.98. The van der Waals surface area contributed by atoms with Gasteiger partial charge in [-0.15, -0.1) is 11.3 Å². The van der Waals surface area contributed by atoms with Crippen molar-refractivity contribution < 1.29 is 14.0 Å². The van der Waals surface area contributed by atoms with Gasteiger partial charge >= 0.3 is 0 Å². The van der Waals surface area contributed by atoms with Crippen LogP contribution in [-0.4, -0.2) is 40.2 Å². The lowest BCUT2D eigenvalue weighted by Gasteiger charge is -2.35. The molecule has 5 rings (SSSR count). The van der Waals surface area contributed by atoms with E-state index in [0.29, 0.717) is 5.69 Å². The second-order valence-electron chi connectivity index (χ2n) is 9.36. The highest BCUT2D eigenvalue weighted by Crippen LogP contribution is 2.35. The number of benzene rings is 3. The molecular formula is C29H27ClFN5O2S2. The van der Waals surface area contributed by atoms with Crippen molar-refractivity contribution in [1.82, 2.24) is 19.3 Å². The maximum Gasteiger partial charge on any atom is 0.242 e. The molecule has 1 aromatic heterocycles. The number of aryl methyl sites for hydroxylation is 1. The molecule has 7 nitrogen and oxygen atoms in total. The standard InChI is InChI=1S/C29H27ClFN5O2S2/c1-17-26(39-29(32-17)19-11-7-4-8-12-19)25(18-9-5-3-6-10-18)34-27(37)23-16-24(36(2)40-35-23)28(38)33-20-13-14-22(31)21(30)15-20/h3-15,23-25,35H,16H2,1-2H3,(H,33,38)(H,34,37). The summed E-state index contributed by atoms with van der Waals surface area (Å²) in [6.07, 6.45) is 0.231. The Kier molecular flexibility index (Phi) is 8.82. The van der Waals surface area contributed by atoms with Crippen molar-refractivity contribution in [3.63, 3.8) is 0 Å². The molecule has 0 spiro atoms. The maximum atomic E-state index is 13.6. The highest BCUT2D eigenvalue weighted by molar-refractivity contribution is 7.95. The van der Waals surface area contributed by atoms with E-state index in [4.69, 9.17) is 16.6 Å². The number of hydrogen-bond acceptors (Lipinski definition) is 7. The molecular weight excluding hydrogens is 569 g/mol. The Morgan fingerprint density at radius 2 is 1.77 bits per heavy atom. The van der Waals surface area contributed by atoms with E-state index >= 15 is 0 Å². The number of carbonyl (C=O) groups excluding carboxylic acids is 2. The third kappa shape index (κ3) is 6.37. The Morgan fingerprint density at radius 1 is 1.07 bits per heavy atom. The quantitative estimate of drug-likeness (QED) is 0.228. The third-order valence-corrected chi connectivity index (χ3v) is 9.07. The van der Waals surface area contributed by atoms with Gasteiger partial charge in [-0.3, -0.25) is 9.59 Å². The van der Waals surface area contributed by atoms with Gasteiger partial charge in [-0.2, -0.15) is 0 Å². The summed E-state index contributed by atoms with van der Waals surface area (Å²) in [6.45, 7) is 1.95. The molecule has 1 aliphatic rings. The summed E-state index contributed by atoms with van der Waals surface area (Å²) in [4.78, 5) is 32.5. The van der Waals surface area contributed by atoms with Crippen molar-refractivity contribution in [3.8, 4) is 10.6 Å². The number of halogens is 2. The van der Waals surface area contributed by atoms with Gasteiger partial charge in [0, 0.05) is 23.4 Å². The summed E-state index contributed by atoms with van der Waals surface area (Å²) in [5, 5.41) is 6.79. The van der Waals surface area contributed by atoms with Gasteiger partial charge in [0.25, 0.3) is 0 Å². The number of amides is 2. The zero-order chi connectivity index (χ0) is 28.2. The molecule has 0 bridgehead atoms. The van der Waals surface area contributed by atoms with E-state index in [1.807, 2.05) is 67.6 Å². The van der Waals surface area contributed by atoms with Crippen LogP contribution in [-0.2, 0) is 9.59 Å². The van der Waals surface area contributed by atoms with Crippen LogP contribution in [0.25, 0.3) is 10.6 Å². The van der Waals surface area contributed by atoms with E-state index in [-0.39, 0.29) is 23.3 Å². The Morgan fingerprint density at radius 3 is 2.48 bits per heavy atom. The smallest absolute Gasteiger partial charge is 0.242 e. The van der Waals surface area contributed by atoms with Gasteiger partial charge in [-0.1, -0.05) is 72.3 Å². The molecule has 1 aliphatic heterocycles. The number of carbonyl (C=O) groups is 2. The van der Waals surface area contributed by atoms with Gasteiger partial charge in [0.1, 0.15) is 16.9 Å². The van der Waals surface area contributed by atoms with E-state index in [1.165, 1.54) is 30.3 Å². The van der Waals surface area contributed by atoms with Gasteiger partial charge in [0.2, 0.25) is 11.8 Å². The number of hydrogen-bond donors (Lipinski definition) is 3. The van der Waals surface area contributed by atoms with Crippen LogP contribution in [0.2, 0.25) is 5.02 Å². The van der Waals surface area contributed by atoms with Gasteiger partial charge in [0.05, 0.1) is 27.7 Å². The number of nitrogens with zero attached hydrogens (tertiary/aromatic N) is 2. The van der Waals surface area contributed by atoms with Crippen molar-refractivity contribution in [1.29, 1.82) is 0 Å². The number of rotatable bonds is 7. The van der Waals surface area contributed by atoms with Crippen LogP contribution in [0.4, 0.5) is 10.1 Å². The van der Waals surface area contributed by atoms with E-state index < -0.39 is 23.9 Å². The van der Waals surface area contributed by atoms with Crippen LogP contribution in [0.15, 0.2) is 78.9 Å². The first-order chi connectivity index (χ1) is 19.3. The van der Waals surface area contributed by atoms with Crippen LogP contribution in [0.3, 0.4) is 0 Å². The number of thiazole rings is 1. The largest absolute Gasteiger partial charge is 0.343 e. The van der Waals surface area contributed by atoms with Crippen LogP contribution in [0.1, 0.15) is 28.6 Å². The zero-order valence-electron chi connectivity index (χ0n) is 21.7. The second-order valence-corrected chi connectivity index (χ2v) is 11.8. The minimum atomic E-state index is -0.637. The van der Waals surface area contributed by atoms with Gasteiger partial charge < -0.3 is 10.6 Å². The summed E-state index contributed by atoms with van der Waals surface area (Å²) >= 11 is 8.61. The first-order valence-corrected chi connectivity index (χ1v) is 14.6. The monoisotopic (exact) mass is 595 g/mol.